The Hall–Kier alpha value is -2.42. The summed E-state index contributed by atoms with van der Waals surface area (Å²) in [5.74, 6) is -0.839. The number of aryl methyl sites for hydroxylation is 1. The van der Waals surface area contributed by atoms with Gasteiger partial charge in [0.1, 0.15) is 6.04 Å². The van der Waals surface area contributed by atoms with Crippen molar-refractivity contribution in [2.75, 3.05) is 16.8 Å². The highest BCUT2D eigenvalue weighted by molar-refractivity contribution is 7.89. The Bertz CT molecular complexity index is 1100. The minimum atomic E-state index is -3.96. The second kappa shape index (κ2) is 9.38. The monoisotopic (exact) mass is 463 g/mol. The maximum absolute atomic E-state index is 13.1. The maximum atomic E-state index is 13.1. The number of fused-ring (bicyclic) bond motifs is 1. The first-order valence-corrected chi connectivity index (χ1v) is 11.9. The van der Waals surface area contributed by atoms with E-state index in [2.05, 4.69) is 10.0 Å². The van der Waals surface area contributed by atoms with Gasteiger partial charge in [-0.1, -0.05) is 31.5 Å². The van der Waals surface area contributed by atoms with E-state index in [9.17, 15) is 18.0 Å². The lowest BCUT2D eigenvalue weighted by Crippen LogP contribution is -2.47. The summed E-state index contributed by atoms with van der Waals surface area (Å²) in [6.45, 7) is 5.64. The Morgan fingerprint density at radius 2 is 1.87 bits per heavy atom. The molecule has 31 heavy (non-hydrogen) atoms. The Labute approximate surface area is 187 Å². The molecule has 1 atom stereocenters. The Morgan fingerprint density at radius 1 is 1.13 bits per heavy atom. The molecule has 2 aromatic carbocycles. The summed E-state index contributed by atoms with van der Waals surface area (Å²) in [6, 6.07) is 10.4. The van der Waals surface area contributed by atoms with Crippen LogP contribution in [0.4, 0.5) is 11.4 Å². The topological polar surface area (TPSA) is 95.6 Å². The van der Waals surface area contributed by atoms with E-state index >= 15 is 0 Å². The van der Waals surface area contributed by atoms with Crippen LogP contribution in [0.1, 0.15) is 32.8 Å². The summed E-state index contributed by atoms with van der Waals surface area (Å²) in [4.78, 5) is 26.4. The quantitative estimate of drug-likeness (QED) is 0.684. The predicted molar refractivity (Wildman–Crippen MR) is 122 cm³/mol. The molecule has 0 saturated carbocycles. The van der Waals surface area contributed by atoms with E-state index in [1.165, 1.54) is 13.0 Å². The average Bonchev–Trinajstić information content (AvgIpc) is 2.70. The summed E-state index contributed by atoms with van der Waals surface area (Å²) in [5.41, 5.74) is 2.02. The van der Waals surface area contributed by atoms with E-state index in [4.69, 9.17) is 11.6 Å². The van der Waals surface area contributed by atoms with Crippen LogP contribution in [0.3, 0.4) is 0 Å². The summed E-state index contributed by atoms with van der Waals surface area (Å²) in [6.07, 6.45) is 1.45. The van der Waals surface area contributed by atoms with Crippen LogP contribution in [-0.2, 0) is 26.0 Å². The molecule has 2 aromatic rings. The van der Waals surface area contributed by atoms with Gasteiger partial charge in [0.2, 0.25) is 21.8 Å². The highest BCUT2D eigenvalue weighted by Crippen LogP contribution is 2.29. The van der Waals surface area contributed by atoms with Crippen molar-refractivity contribution >= 4 is 44.8 Å². The number of carbonyl (C=O) groups is 2. The Kier molecular flexibility index (Phi) is 7.03. The first-order chi connectivity index (χ1) is 14.6. The standard InChI is InChI=1S/C22H26ClN3O4S/c1-14(2)21(22(28)24-18-8-4-7-17(23)13-18)25-31(29,30)19-9-10-20-16(12-19)6-5-11-26(20)15(3)27/h4,7-10,12-14,21,25H,5-6,11H2,1-3H3,(H,24,28)/t21-/m0/s1. The van der Waals surface area contributed by atoms with Gasteiger partial charge in [0.25, 0.3) is 0 Å². The molecule has 0 spiro atoms. The first-order valence-electron chi connectivity index (χ1n) is 10.1. The average molecular weight is 464 g/mol. The molecule has 9 heteroatoms. The summed E-state index contributed by atoms with van der Waals surface area (Å²) >= 11 is 5.96. The number of hydrogen-bond acceptors (Lipinski definition) is 4. The third-order valence-corrected chi connectivity index (χ3v) is 6.86. The molecule has 1 aliphatic heterocycles. The van der Waals surface area contributed by atoms with Crippen molar-refractivity contribution < 1.29 is 18.0 Å². The molecule has 166 valence electrons. The third-order valence-electron chi connectivity index (χ3n) is 5.18. The van der Waals surface area contributed by atoms with Crippen LogP contribution in [0.25, 0.3) is 0 Å². The van der Waals surface area contributed by atoms with E-state index < -0.39 is 22.0 Å². The molecule has 0 unspecified atom stereocenters. The van der Waals surface area contributed by atoms with Crippen molar-refractivity contribution in [3.63, 3.8) is 0 Å². The maximum Gasteiger partial charge on any atom is 0.242 e. The van der Waals surface area contributed by atoms with Gasteiger partial charge in [-0.15, -0.1) is 0 Å². The number of carbonyl (C=O) groups excluding carboxylic acids is 2. The van der Waals surface area contributed by atoms with Crippen molar-refractivity contribution in [1.82, 2.24) is 4.72 Å². The second-order valence-electron chi connectivity index (χ2n) is 7.91. The molecule has 2 N–H and O–H groups in total. The summed E-state index contributed by atoms with van der Waals surface area (Å²) in [7, 11) is -3.96. The second-order valence-corrected chi connectivity index (χ2v) is 10.1. The third kappa shape index (κ3) is 5.44. The fourth-order valence-electron chi connectivity index (χ4n) is 3.58. The van der Waals surface area contributed by atoms with Gasteiger partial charge >= 0.3 is 0 Å². The lowest BCUT2D eigenvalue weighted by molar-refractivity contribution is -0.118. The molecule has 2 amide bonds. The van der Waals surface area contributed by atoms with Crippen LogP contribution in [0.2, 0.25) is 5.02 Å². The zero-order valence-electron chi connectivity index (χ0n) is 17.7. The van der Waals surface area contributed by atoms with Crippen molar-refractivity contribution in [2.24, 2.45) is 5.92 Å². The zero-order chi connectivity index (χ0) is 22.8. The van der Waals surface area contributed by atoms with Gasteiger partial charge in [0.15, 0.2) is 0 Å². The number of nitrogens with one attached hydrogen (secondary N) is 2. The van der Waals surface area contributed by atoms with E-state index in [1.807, 2.05) is 0 Å². The molecule has 3 rings (SSSR count). The van der Waals surface area contributed by atoms with Gasteiger partial charge in [-0.2, -0.15) is 4.72 Å². The van der Waals surface area contributed by atoms with E-state index in [0.717, 1.165) is 17.7 Å². The first kappa shape index (κ1) is 23.2. The fourth-order valence-corrected chi connectivity index (χ4v) is 5.17. The molecular weight excluding hydrogens is 438 g/mol. The number of hydrogen-bond donors (Lipinski definition) is 2. The number of halogens is 1. The van der Waals surface area contributed by atoms with Gasteiger partial charge in [-0.25, -0.2) is 8.42 Å². The highest BCUT2D eigenvalue weighted by Gasteiger charge is 2.30. The molecule has 0 bridgehead atoms. The molecule has 1 aliphatic rings. The minimum Gasteiger partial charge on any atom is -0.325 e. The minimum absolute atomic E-state index is 0.0675. The molecule has 1 heterocycles. The van der Waals surface area contributed by atoms with Crippen LogP contribution >= 0.6 is 11.6 Å². The summed E-state index contributed by atoms with van der Waals surface area (Å²) < 4.78 is 28.7. The van der Waals surface area contributed by atoms with Crippen LogP contribution in [-0.4, -0.2) is 32.8 Å². The van der Waals surface area contributed by atoms with Crippen LogP contribution in [0, 0.1) is 5.92 Å². The van der Waals surface area contributed by atoms with Crippen molar-refractivity contribution in [3.05, 3.63) is 53.1 Å². The smallest absolute Gasteiger partial charge is 0.242 e. The normalized spacial score (nSPS) is 14.8. The van der Waals surface area contributed by atoms with Gasteiger partial charge in [-0.05, 0) is 60.7 Å². The van der Waals surface area contributed by atoms with Crippen LogP contribution in [0.5, 0.6) is 0 Å². The van der Waals surface area contributed by atoms with Gasteiger partial charge < -0.3 is 10.2 Å². The van der Waals surface area contributed by atoms with Crippen LogP contribution < -0.4 is 14.9 Å². The van der Waals surface area contributed by atoms with Crippen molar-refractivity contribution in [1.29, 1.82) is 0 Å². The number of sulfonamides is 1. The Balaban J connectivity index is 1.83. The number of anilines is 2. The zero-order valence-corrected chi connectivity index (χ0v) is 19.3. The molecule has 0 aromatic heterocycles. The molecule has 0 saturated heterocycles. The molecule has 0 fully saturated rings. The lowest BCUT2D eigenvalue weighted by atomic mass is 10.0. The van der Waals surface area contributed by atoms with E-state index in [-0.39, 0.29) is 16.7 Å². The van der Waals surface area contributed by atoms with Gasteiger partial charge in [0, 0.05) is 29.9 Å². The van der Waals surface area contributed by atoms with Gasteiger partial charge in [0.05, 0.1) is 4.90 Å². The fraction of sp³-hybridized carbons (Fsp3) is 0.364. The molecule has 7 nitrogen and oxygen atoms in total. The molecule has 0 radical (unpaired) electrons. The van der Waals surface area contributed by atoms with Crippen molar-refractivity contribution in [3.8, 4) is 0 Å². The van der Waals surface area contributed by atoms with E-state index in [1.54, 1.807) is 55.1 Å². The Morgan fingerprint density at radius 3 is 2.52 bits per heavy atom. The number of amides is 2. The molecule has 0 aliphatic carbocycles. The predicted octanol–water partition coefficient (Wildman–Crippen LogP) is 3.58. The van der Waals surface area contributed by atoms with E-state index in [0.29, 0.717) is 23.7 Å². The lowest BCUT2D eigenvalue weighted by Gasteiger charge is -2.29. The number of rotatable bonds is 6. The SMILES string of the molecule is CC(=O)N1CCCc2cc(S(=O)(=O)N[C@H](C(=O)Nc3cccc(Cl)c3)C(C)C)ccc21. The largest absolute Gasteiger partial charge is 0.325 e. The highest BCUT2D eigenvalue weighted by atomic mass is 35.5. The number of benzene rings is 2. The molecular formula is C22H26ClN3O4S. The summed E-state index contributed by atoms with van der Waals surface area (Å²) in [5, 5.41) is 3.18. The van der Waals surface area contributed by atoms with Gasteiger partial charge in [-0.3, -0.25) is 9.59 Å². The van der Waals surface area contributed by atoms with Crippen LogP contribution in [0.15, 0.2) is 47.4 Å². The number of nitrogens with zero attached hydrogens (tertiary/aromatic N) is 1. The van der Waals surface area contributed by atoms with Crippen molar-refractivity contribution in [2.45, 2.75) is 44.6 Å².